The minimum absolute atomic E-state index is 0.799. The van der Waals surface area contributed by atoms with Crippen LogP contribution in [0.5, 0.6) is 0 Å². The highest BCUT2D eigenvalue weighted by molar-refractivity contribution is 5.48. The number of hydrogen-bond donors (Lipinski definition) is 1. The fourth-order valence-corrected chi connectivity index (χ4v) is 2.66. The van der Waals surface area contributed by atoms with Crippen molar-refractivity contribution in [3.8, 4) is 0 Å². The lowest BCUT2D eigenvalue weighted by Gasteiger charge is -2.21. The van der Waals surface area contributed by atoms with Crippen LogP contribution in [0.2, 0.25) is 0 Å². The molecule has 0 amide bonds. The molecular weight excluding hydrogens is 208 g/mol. The van der Waals surface area contributed by atoms with Crippen molar-refractivity contribution in [1.29, 1.82) is 0 Å². The Morgan fingerprint density at radius 2 is 1.82 bits per heavy atom. The van der Waals surface area contributed by atoms with E-state index in [1.54, 1.807) is 0 Å². The van der Waals surface area contributed by atoms with Gasteiger partial charge in [-0.25, -0.2) is 0 Å². The average molecular weight is 232 g/mol. The highest BCUT2D eigenvalue weighted by Gasteiger charge is 2.37. The third kappa shape index (κ3) is 2.81. The van der Waals surface area contributed by atoms with Crippen molar-refractivity contribution in [3.05, 3.63) is 29.8 Å². The van der Waals surface area contributed by atoms with Gasteiger partial charge >= 0.3 is 0 Å². The molecule has 0 spiro atoms. The number of anilines is 1. The summed E-state index contributed by atoms with van der Waals surface area (Å²) in [5.74, 6) is 1.66. The molecule has 1 aliphatic rings. The van der Waals surface area contributed by atoms with Crippen molar-refractivity contribution < 1.29 is 0 Å². The van der Waals surface area contributed by atoms with Crippen LogP contribution in [0.3, 0.4) is 0 Å². The predicted molar refractivity (Wildman–Crippen MR) is 74.8 cm³/mol. The van der Waals surface area contributed by atoms with Crippen molar-refractivity contribution in [1.82, 2.24) is 5.32 Å². The average Bonchev–Trinajstić information content (AvgIpc) is 3.11. The van der Waals surface area contributed by atoms with Gasteiger partial charge in [0.1, 0.15) is 0 Å². The third-order valence-corrected chi connectivity index (χ3v) is 3.84. The molecule has 0 unspecified atom stereocenters. The summed E-state index contributed by atoms with van der Waals surface area (Å²) >= 11 is 0. The molecule has 1 saturated carbocycles. The second-order valence-corrected chi connectivity index (χ2v) is 4.92. The Morgan fingerprint density at radius 3 is 2.35 bits per heavy atom. The van der Waals surface area contributed by atoms with Crippen LogP contribution in [0.15, 0.2) is 24.3 Å². The fraction of sp³-hybridized carbons (Fsp3) is 0.600. The molecule has 1 fully saturated rings. The summed E-state index contributed by atoms with van der Waals surface area (Å²) in [6.07, 6.45) is 1.35. The van der Waals surface area contributed by atoms with Crippen molar-refractivity contribution in [2.24, 2.45) is 5.92 Å². The van der Waals surface area contributed by atoms with Crippen molar-refractivity contribution in [2.75, 3.05) is 31.6 Å². The topological polar surface area (TPSA) is 15.3 Å². The molecule has 0 heterocycles. The molecule has 2 atom stereocenters. The minimum Gasteiger partial charge on any atom is -0.372 e. The molecule has 0 radical (unpaired) electrons. The molecule has 1 aliphatic carbocycles. The zero-order valence-corrected chi connectivity index (χ0v) is 11.2. The highest BCUT2D eigenvalue weighted by atomic mass is 15.1. The van der Waals surface area contributed by atoms with Crippen LogP contribution in [0.4, 0.5) is 5.69 Å². The van der Waals surface area contributed by atoms with E-state index in [9.17, 15) is 0 Å². The monoisotopic (exact) mass is 232 g/mol. The number of nitrogens with one attached hydrogen (secondary N) is 1. The molecule has 1 N–H and O–H groups in total. The van der Waals surface area contributed by atoms with Crippen LogP contribution in [0.1, 0.15) is 31.7 Å². The molecule has 2 nitrogen and oxygen atoms in total. The van der Waals surface area contributed by atoms with Crippen molar-refractivity contribution in [2.45, 2.75) is 26.2 Å². The van der Waals surface area contributed by atoms with Crippen LogP contribution >= 0.6 is 0 Å². The second kappa shape index (κ2) is 5.54. The van der Waals surface area contributed by atoms with Crippen LogP contribution in [-0.2, 0) is 0 Å². The van der Waals surface area contributed by atoms with E-state index < -0.39 is 0 Å². The van der Waals surface area contributed by atoms with Crippen LogP contribution in [-0.4, -0.2) is 26.7 Å². The summed E-state index contributed by atoms with van der Waals surface area (Å²) < 4.78 is 0. The molecule has 2 heteroatoms. The molecule has 2 rings (SSSR count). The summed E-state index contributed by atoms with van der Waals surface area (Å²) in [6.45, 7) is 7.74. The molecule has 0 aliphatic heterocycles. The summed E-state index contributed by atoms with van der Waals surface area (Å²) in [5.41, 5.74) is 2.87. The lowest BCUT2D eigenvalue weighted by atomic mass is 10.1. The molecule has 0 saturated heterocycles. The molecular formula is C15H24N2. The van der Waals surface area contributed by atoms with E-state index >= 15 is 0 Å². The van der Waals surface area contributed by atoms with Gasteiger partial charge in [0.2, 0.25) is 0 Å². The Kier molecular flexibility index (Phi) is 4.06. The van der Waals surface area contributed by atoms with E-state index in [1.807, 2.05) is 7.05 Å². The van der Waals surface area contributed by atoms with Gasteiger partial charge in [-0.15, -0.1) is 0 Å². The van der Waals surface area contributed by atoms with Gasteiger partial charge in [0.15, 0.2) is 0 Å². The van der Waals surface area contributed by atoms with E-state index in [0.717, 1.165) is 31.5 Å². The van der Waals surface area contributed by atoms with E-state index in [0.29, 0.717) is 0 Å². The molecule has 17 heavy (non-hydrogen) atoms. The SMILES string of the molecule is CCN(CC)c1ccc([C@H]2C[C@H]2CNC)cc1. The first-order chi connectivity index (χ1) is 8.30. The van der Waals surface area contributed by atoms with E-state index in [-0.39, 0.29) is 0 Å². The van der Waals surface area contributed by atoms with Gasteiger partial charge in [-0.2, -0.15) is 0 Å². The molecule has 94 valence electrons. The van der Waals surface area contributed by atoms with Crippen LogP contribution < -0.4 is 10.2 Å². The minimum atomic E-state index is 0.799. The first-order valence-corrected chi connectivity index (χ1v) is 6.79. The van der Waals surface area contributed by atoms with Crippen molar-refractivity contribution in [3.63, 3.8) is 0 Å². The Morgan fingerprint density at radius 1 is 1.18 bits per heavy atom. The Balaban J connectivity index is 1.99. The number of rotatable bonds is 6. The standard InChI is InChI=1S/C15H24N2/c1-4-17(5-2)14-8-6-12(7-9-14)15-10-13(15)11-16-3/h6-9,13,15-16H,4-5,10-11H2,1-3H3/t13-,15+/m0/s1. The smallest absolute Gasteiger partial charge is 0.0366 e. The quantitative estimate of drug-likeness (QED) is 0.811. The summed E-state index contributed by atoms with van der Waals surface area (Å²) in [5, 5.41) is 3.27. The Hall–Kier alpha value is -1.02. The summed E-state index contributed by atoms with van der Waals surface area (Å²) in [7, 11) is 2.04. The van der Waals surface area contributed by atoms with E-state index in [2.05, 4.69) is 48.3 Å². The van der Waals surface area contributed by atoms with Gasteiger partial charge in [0.05, 0.1) is 0 Å². The predicted octanol–water partition coefficient (Wildman–Crippen LogP) is 2.86. The summed E-state index contributed by atoms with van der Waals surface area (Å²) in [4.78, 5) is 2.39. The normalized spacial score (nSPS) is 22.5. The number of hydrogen-bond acceptors (Lipinski definition) is 2. The molecule has 1 aromatic rings. The summed E-state index contributed by atoms with van der Waals surface area (Å²) in [6, 6.07) is 9.18. The second-order valence-electron chi connectivity index (χ2n) is 4.92. The third-order valence-electron chi connectivity index (χ3n) is 3.84. The van der Waals surface area contributed by atoms with Gasteiger partial charge in [-0.05, 0) is 63.4 Å². The maximum absolute atomic E-state index is 3.27. The van der Waals surface area contributed by atoms with Crippen molar-refractivity contribution >= 4 is 5.69 Å². The number of benzene rings is 1. The van der Waals surface area contributed by atoms with Gasteiger partial charge in [-0.1, -0.05) is 12.1 Å². The Labute approximate surface area is 105 Å². The van der Waals surface area contributed by atoms with Crippen LogP contribution in [0, 0.1) is 5.92 Å². The molecule has 0 bridgehead atoms. The van der Waals surface area contributed by atoms with Gasteiger partial charge in [-0.3, -0.25) is 0 Å². The number of nitrogens with zero attached hydrogens (tertiary/aromatic N) is 1. The maximum Gasteiger partial charge on any atom is 0.0366 e. The molecule has 1 aromatic carbocycles. The van der Waals surface area contributed by atoms with Gasteiger partial charge in [0.25, 0.3) is 0 Å². The highest BCUT2D eigenvalue weighted by Crippen LogP contribution is 2.47. The van der Waals surface area contributed by atoms with Gasteiger partial charge in [0, 0.05) is 18.8 Å². The first kappa shape index (κ1) is 12.4. The first-order valence-electron chi connectivity index (χ1n) is 6.79. The maximum atomic E-state index is 3.27. The van der Waals surface area contributed by atoms with Gasteiger partial charge < -0.3 is 10.2 Å². The fourth-order valence-electron chi connectivity index (χ4n) is 2.66. The van der Waals surface area contributed by atoms with E-state index in [4.69, 9.17) is 0 Å². The Bertz CT molecular complexity index is 340. The lowest BCUT2D eigenvalue weighted by molar-refractivity contribution is 0.698. The van der Waals surface area contributed by atoms with E-state index in [1.165, 1.54) is 17.7 Å². The zero-order chi connectivity index (χ0) is 12.3. The zero-order valence-electron chi connectivity index (χ0n) is 11.2. The van der Waals surface area contributed by atoms with Crippen LogP contribution in [0.25, 0.3) is 0 Å². The largest absolute Gasteiger partial charge is 0.372 e. The molecule has 0 aromatic heterocycles. The lowest BCUT2D eigenvalue weighted by Crippen LogP contribution is -2.21.